The highest BCUT2D eigenvalue weighted by Gasteiger charge is 2.20. The first kappa shape index (κ1) is 11.9. The van der Waals surface area contributed by atoms with Gasteiger partial charge in [-0.15, -0.1) is 0 Å². The number of halogens is 1. The number of nitrogen functional groups attached to an aromatic ring is 1. The Morgan fingerprint density at radius 1 is 1.21 bits per heavy atom. The molecule has 0 atom stereocenters. The first-order valence-corrected chi connectivity index (χ1v) is 6.17. The van der Waals surface area contributed by atoms with Crippen LogP contribution in [0.25, 0.3) is 22.4 Å². The molecule has 0 unspecified atom stereocenters. The van der Waals surface area contributed by atoms with Crippen molar-refractivity contribution in [2.75, 3.05) is 5.73 Å². The van der Waals surface area contributed by atoms with Crippen molar-refractivity contribution in [3.05, 3.63) is 47.9 Å². The summed E-state index contributed by atoms with van der Waals surface area (Å²) in [5.41, 5.74) is 9.46. The summed E-state index contributed by atoms with van der Waals surface area (Å²) in [5, 5.41) is 4.75. The number of hydrogen-bond donors (Lipinski definition) is 1. The highest BCUT2D eigenvalue weighted by atomic mass is 35.5. The van der Waals surface area contributed by atoms with E-state index < -0.39 is 0 Å². The van der Waals surface area contributed by atoms with Gasteiger partial charge in [0.1, 0.15) is 11.5 Å². The molecule has 1 aromatic carbocycles. The van der Waals surface area contributed by atoms with Crippen molar-refractivity contribution in [2.45, 2.75) is 0 Å². The van der Waals surface area contributed by atoms with Gasteiger partial charge in [-0.1, -0.05) is 30.3 Å². The molecule has 0 amide bonds. The highest BCUT2D eigenvalue weighted by molar-refractivity contribution is 6.31. The molecule has 96 valence electrons. The molecule has 2 heterocycles. The lowest BCUT2D eigenvalue weighted by atomic mass is 10.0. The van der Waals surface area contributed by atoms with E-state index in [1.165, 1.54) is 6.26 Å². The molecule has 0 radical (unpaired) electrons. The van der Waals surface area contributed by atoms with Crippen LogP contribution in [-0.2, 0) is 7.05 Å². The van der Waals surface area contributed by atoms with Crippen molar-refractivity contribution < 1.29 is 4.42 Å². The van der Waals surface area contributed by atoms with E-state index in [0.29, 0.717) is 11.0 Å². The molecule has 0 aliphatic carbocycles. The fourth-order valence-electron chi connectivity index (χ4n) is 2.08. The monoisotopic (exact) mass is 273 g/mol. The maximum atomic E-state index is 6.12. The van der Waals surface area contributed by atoms with E-state index in [1.807, 2.05) is 30.3 Å². The largest absolute Gasteiger partial charge is 0.452 e. The lowest BCUT2D eigenvalue weighted by molar-refractivity contribution is 0.570. The average Bonchev–Trinajstić information content (AvgIpc) is 2.96. The zero-order valence-electron chi connectivity index (χ0n) is 10.3. The predicted octanol–water partition coefficient (Wildman–Crippen LogP) is 3.58. The van der Waals surface area contributed by atoms with Gasteiger partial charge in [0.05, 0.1) is 17.4 Å². The van der Waals surface area contributed by atoms with Gasteiger partial charge in [0.15, 0.2) is 0 Å². The number of benzene rings is 1. The van der Waals surface area contributed by atoms with E-state index in [1.54, 1.807) is 17.8 Å². The van der Waals surface area contributed by atoms with Crippen LogP contribution in [0.1, 0.15) is 0 Å². The molecular formula is C14H12ClN3O. The Bertz CT molecular complexity index is 716. The standard InChI is InChI=1S/C14H12ClN3O/c1-18-14(16)11(9-5-3-2-4-6-9)12(17-18)10-7-8-19-13(10)15/h2-8H,16H2,1H3. The molecule has 0 saturated carbocycles. The number of nitrogens with zero attached hydrogens (tertiary/aromatic N) is 2. The van der Waals surface area contributed by atoms with Crippen molar-refractivity contribution >= 4 is 17.4 Å². The van der Waals surface area contributed by atoms with Crippen molar-refractivity contribution in [1.82, 2.24) is 9.78 Å². The van der Waals surface area contributed by atoms with Crippen molar-refractivity contribution in [2.24, 2.45) is 7.05 Å². The van der Waals surface area contributed by atoms with Crippen LogP contribution < -0.4 is 5.73 Å². The minimum Gasteiger partial charge on any atom is -0.452 e. The molecule has 0 aliphatic heterocycles. The van der Waals surface area contributed by atoms with Gasteiger partial charge in [-0.25, -0.2) is 0 Å². The Labute approximate surface area is 115 Å². The lowest BCUT2D eigenvalue weighted by Gasteiger charge is -2.02. The summed E-state index contributed by atoms with van der Waals surface area (Å²) in [7, 11) is 1.80. The predicted molar refractivity (Wildman–Crippen MR) is 75.8 cm³/mol. The zero-order valence-corrected chi connectivity index (χ0v) is 11.1. The summed E-state index contributed by atoms with van der Waals surface area (Å²) < 4.78 is 6.77. The van der Waals surface area contributed by atoms with Crippen LogP contribution in [0.4, 0.5) is 5.82 Å². The third kappa shape index (κ3) is 1.90. The summed E-state index contributed by atoms with van der Waals surface area (Å²) >= 11 is 6.04. The van der Waals surface area contributed by atoms with Crippen LogP contribution in [-0.4, -0.2) is 9.78 Å². The molecule has 4 nitrogen and oxygen atoms in total. The molecule has 0 saturated heterocycles. The van der Waals surface area contributed by atoms with Crippen LogP contribution in [0.3, 0.4) is 0 Å². The number of anilines is 1. The van der Waals surface area contributed by atoms with Crippen LogP contribution >= 0.6 is 11.6 Å². The zero-order chi connectivity index (χ0) is 13.4. The van der Waals surface area contributed by atoms with Gasteiger partial charge >= 0.3 is 0 Å². The Morgan fingerprint density at radius 3 is 2.58 bits per heavy atom. The Morgan fingerprint density at radius 2 is 1.95 bits per heavy atom. The normalized spacial score (nSPS) is 10.8. The van der Waals surface area contributed by atoms with Crippen LogP contribution in [0.2, 0.25) is 5.22 Å². The molecule has 19 heavy (non-hydrogen) atoms. The maximum Gasteiger partial charge on any atom is 0.202 e. The molecule has 2 aromatic heterocycles. The summed E-state index contributed by atoms with van der Waals surface area (Å²) in [5.74, 6) is 0.596. The topological polar surface area (TPSA) is 57.0 Å². The smallest absolute Gasteiger partial charge is 0.202 e. The molecule has 3 rings (SSSR count). The Kier molecular flexibility index (Phi) is 2.80. The SMILES string of the molecule is Cn1nc(-c2ccoc2Cl)c(-c2ccccc2)c1N. The van der Waals surface area contributed by atoms with Gasteiger partial charge in [0.2, 0.25) is 5.22 Å². The average molecular weight is 274 g/mol. The van der Waals surface area contributed by atoms with E-state index in [9.17, 15) is 0 Å². The van der Waals surface area contributed by atoms with Gasteiger partial charge in [0, 0.05) is 7.05 Å². The van der Waals surface area contributed by atoms with Gasteiger partial charge in [-0.2, -0.15) is 5.10 Å². The van der Waals surface area contributed by atoms with Gasteiger partial charge in [-0.05, 0) is 23.2 Å². The van der Waals surface area contributed by atoms with Crippen LogP contribution in [0.5, 0.6) is 0 Å². The van der Waals surface area contributed by atoms with Gasteiger partial charge in [-0.3, -0.25) is 4.68 Å². The van der Waals surface area contributed by atoms with Crippen LogP contribution in [0, 0.1) is 0 Å². The second-order valence-electron chi connectivity index (χ2n) is 4.21. The second-order valence-corrected chi connectivity index (χ2v) is 4.55. The molecule has 2 N–H and O–H groups in total. The lowest BCUT2D eigenvalue weighted by Crippen LogP contribution is -1.97. The van der Waals surface area contributed by atoms with E-state index in [4.69, 9.17) is 21.8 Å². The summed E-state index contributed by atoms with van der Waals surface area (Å²) in [6, 6.07) is 11.7. The molecule has 0 spiro atoms. The number of furan rings is 1. The number of rotatable bonds is 2. The Balaban J connectivity index is 2.28. The minimum absolute atomic E-state index is 0.315. The van der Waals surface area contributed by atoms with Crippen molar-refractivity contribution in [3.63, 3.8) is 0 Å². The Hall–Kier alpha value is -2.20. The minimum atomic E-state index is 0.315. The fraction of sp³-hybridized carbons (Fsp3) is 0.0714. The third-order valence-corrected chi connectivity index (χ3v) is 3.32. The number of nitrogens with two attached hydrogens (primary N) is 1. The quantitative estimate of drug-likeness (QED) is 0.776. The molecule has 0 aliphatic rings. The van der Waals surface area contributed by atoms with Crippen molar-refractivity contribution in [3.8, 4) is 22.4 Å². The summed E-state index contributed by atoms with van der Waals surface area (Å²) in [4.78, 5) is 0. The molecule has 0 bridgehead atoms. The molecular weight excluding hydrogens is 262 g/mol. The van der Waals surface area contributed by atoms with Crippen molar-refractivity contribution in [1.29, 1.82) is 0 Å². The van der Waals surface area contributed by atoms with E-state index in [0.717, 1.165) is 22.4 Å². The second kappa shape index (κ2) is 4.48. The van der Waals surface area contributed by atoms with Crippen LogP contribution in [0.15, 0.2) is 47.1 Å². The fourth-order valence-corrected chi connectivity index (χ4v) is 2.28. The summed E-state index contributed by atoms with van der Waals surface area (Å²) in [6.07, 6.45) is 1.54. The molecule has 5 heteroatoms. The maximum absolute atomic E-state index is 6.12. The highest BCUT2D eigenvalue weighted by Crippen LogP contribution is 2.38. The molecule has 3 aromatic rings. The first-order chi connectivity index (χ1) is 9.18. The van der Waals surface area contributed by atoms with Gasteiger partial charge in [0.25, 0.3) is 0 Å². The van der Waals surface area contributed by atoms with E-state index in [-0.39, 0.29) is 0 Å². The first-order valence-electron chi connectivity index (χ1n) is 5.79. The van der Waals surface area contributed by atoms with E-state index >= 15 is 0 Å². The number of aromatic nitrogens is 2. The molecule has 0 fully saturated rings. The van der Waals surface area contributed by atoms with E-state index in [2.05, 4.69) is 5.10 Å². The number of aryl methyl sites for hydroxylation is 1. The summed E-state index contributed by atoms with van der Waals surface area (Å²) in [6.45, 7) is 0. The van der Waals surface area contributed by atoms with Gasteiger partial charge < -0.3 is 10.2 Å². The third-order valence-electron chi connectivity index (χ3n) is 3.03. The number of hydrogen-bond acceptors (Lipinski definition) is 3.